The summed E-state index contributed by atoms with van der Waals surface area (Å²) in [5.41, 5.74) is 0.0746. The third-order valence-corrected chi connectivity index (χ3v) is 2.97. The zero-order valence-corrected chi connectivity index (χ0v) is 11.7. The van der Waals surface area contributed by atoms with Crippen LogP contribution in [0.2, 0.25) is 0 Å². The molecule has 0 heterocycles. The lowest BCUT2D eigenvalue weighted by Crippen LogP contribution is -2.30. The highest BCUT2D eigenvalue weighted by atomic mass is 79.9. The molecule has 0 fully saturated rings. The molecule has 0 atom stereocenters. The van der Waals surface area contributed by atoms with Gasteiger partial charge in [0.25, 0.3) is 0 Å². The number of benzene rings is 1. The van der Waals surface area contributed by atoms with Gasteiger partial charge in [0.1, 0.15) is 5.82 Å². The van der Waals surface area contributed by atoms with Crippen LogP contribution in [0.4, 0.5) is 14.9 Å². The van der Waals surface area contributed by atoms with Crippen molar-refractivity contribution < 1.29 is 19.1 Å². The molecule has 7 heteroatoms. The van der Waals surface area contributed by atoms with Gasteiger partial charge in [0.2, 0.25) is 0 Å². The van der Waals surface area contributed by atoms with Crippen molar-refractivity contribution in [3.8, 4) is 0 Å². The number of para-hydroxylation sites is 1. The smallest absolute Gasteiger partial charge is 0.319 e. The van der Waals surface area contributed by atoms with Crippen molar-refractivity contribution in [3.05, 3.63) is 28.5 Å². The lowest BCUT2D eigenvalue weighted by atomic mass is 10.2. The number of halogens is 2. The van der Waals surface area contributed by atoms with Crippen LogP contribution < -0.4 is 10.6 Å². The quantitative estimate of drug-likeness (QED) is 0.701. The summed E-state index contributed by atoms with van der Waals surface area (Å²) in [7, 11) is 0. The van der Waals surface area contributed by atoms with E-state index in [1.165, 1.54) is 12.1 Å². The third-order valence-electron chi connectivity index (χ3n) is 2.30. The van der Waals surface area contributed by atoms with Crippen molar-refractivity contribution in [2.45, 2.75) is 19.3 Å². The molecule has 0 unspecified atom stereocenters. The summed E-state index contributed by atoms with van der Waals surface area (Å²) in [5, 5.41) is 13.4. The molecule has 2 amide bonds. The first-order chi connectivity index (χ1) is 9.00. The Labute approximate surface area is 118 Å². The Morgan fingerprint density at radius 2 is 2.05 bits per heavy atom. The number of carbonyl (C=O) groups is 2. The lowest BCUT2D eigenvalue weighted by molar-refractivity contribution is -0.137. The molecular formula is C12H14BrFN2O3. The molecule has 104 valence electrons. The minimum absolute atomic E-state index is 0.0716. The number of unbranched alkanes of at least 4 members (excludes halogenated alkanes) is 1. The number of carbonyl (C=O) groups excluding carboxylic acids is 1. The van der Waals surface area contributed by atoms with Crippen molar-refractivity contribution in [1.82, 2.24) is 5.32 Å². The van der Waals surface area contributed by atoms with Gasteiger partial charge < -0.3 is 15.7 Å². The average Bonchev–Trinajstić information content (AvgIpc) is 2.33. The van der Waals surface area contributed by atoms with E-state index in [9.17, 15) is 14.0 Å². The average molecular weight is 333 g/mol. The van der Waals surface area contributed by atoms with Crippen molar-refractivity contribution in [2.24, 2.45) is 0 Å². The van der Waals surface area contributed by atoms with Crippen LogP contribution in [0.1, 0.15) is 19.3 Å². The maximum Gasteiger partial charge on any atom is 0.319 e. The molecule has 5 nitrogen and oxygen atoms in total. The Hall–Kier alpha value is -1.63. The molecule has 3 N–H and O–H groups in total. The largest absolute Gasteiger partial charge is 0.481 e. The number of aliphatic carboxylic acids is 1. The highest BCUT2D eigenvalue weighted by Crippen LogP contribution is 2.24. The Bertz CT molecular complexity index is 448. The van der Waals surface area contributed by atoms with Gasteiger partial charge in [-0.25, -0.2) is 9.18 Å². The van der Waals surface area contributed by atoms with Gasteiger partial charge in [-0.15, -0.1) is 0 Å². The second-order valence-corrected chi connectivity index (χ2v) is 4.68. The maximum absolute atomic E-state index is 13.4. The fraction of sp³-hybridized carbons (Fsp3) is 0.333. The molecule has 0 aliphatic carbocycles. The van der Waals surface area contributed by atoms with Crippen LogP contribution >= 0.6 is 15.9 Å². The standard InChI is InChI=1S/C12H14BrFN2O3/c13-8-4-3-5-9(14)11(8)16-12(19)15-7-2-1-6-10(17)18/h3-5H,1-2,6-7H2,(H,17,18)(H2,15,16,19). The Morgan fingerprint density at radius 1 is 1.32 bits per heavy atom. The van der Waals surface area contributed by atoms with Crippen LogP contribution in [0.5, 0.6) is 0 Å². The van der Waals surface area contributed by atoms with E-state index in [4.69, 9.17) is 5.11 Å². The van der Waals surface area contributed by atoms with Gasteiger partial charge in [-0.1, -0.05) is 6.07 Å². The van der Waals surface area contributed by atoms with E-state index in [1.54, 1.807) is 6.07 Å². The monoisotopic (exact) mass is 332 g/mol. The summed E-state index contributed by atoms with van der Waals surface area (Å²) in [4.78, 5) is 21.8. The molecule has 1 aromatic rings. The number of nitrogens with one attached hydrogen (secondary N) is 2. The molecule has 1 aromatic carbocycles. The lowest BCUT2D eigenvalue weighted by Gasteiger charge is -2.09. The zero-order chi connectivity index (χ0) is 14.3. The van der Waals surface area contributed by atoms with Crippen molar-refractivity contribution in [3.63, 3.8) is 0 Å². The molecule has 0 saturated carbocycles. The molecule has 0 bridgehead atoms. The van der Waals surface area contributed by atoms with Gasteiger partial charge in [0.15, 0.2) is 0 Å². The van der Waals surface area contributed by atoms with E-state index in [1.807, 2.05) is 0 Å². The summed E-state index contributed by atoms with van der Waals surface area (Å²) >= 11 is 3.14. The molecule has 0 radical (unpaired) electrons. The minimum atomic E-state index is -0.861. The van der Waals surface area contributed by atoms with Crippen molar-refractivity contribution >= 4 is 33.6 Å². The van der Waals surface area contributed by atoms with Crippen molar-refractivity contribution in [2.75, 3.05) is 11.9 Å². The van der Waals surface area contributed by atoms with Gasteiger partial charge in [-0.3, -0.25) is 4.79 Å². The van der Waals surface area contributed by atoms with Crippen LogP contribution in [0.15, 0.2) is 22.7 Å². The number of hydrogen-bond donors (Lipinski definition) is 3. The van der Waals surface area contributed by atoms with E-state index >= 15 is 0 Å². The van der Waals surface area contributed by atoms with E-state index in [-0.39, 0.29) is 12.1 Å². The van der Waals surface area contributed by atoms with Gasteiger partial charge in [-0.05, 0) is 40.9 Å². The summed E-state index contributed by atoms with van der Waals surface area (Å²) in [6, 6.07) is 3.86. The summed E-state index contributed by atoms with van der Waals surface area (Å²) in [5.74, 6) is -1.39. The van der Waals surface area contributed by atoms with E-state index in [0.717, 1.165) is 0 Å². The Morgan fingerprint density at radius 3 is 2.68 bits per heavy atom. The number of hydrogen-bond acceptors (Lipinski definition) is 2. The first-order valence-electron chi connectivity index (χ1n) is 5.71. The van der Waals surface area contributed by atoms with E-state index in [2.05, 4.69) is 26.6 Å². The highest BCUT2D eigenvalue weighted by molar-refractivity contribution is 9.10. The molecule has 0 aliphatic rings. The molecule has 0 saturated heterocycles. The van der Waals surface area contributed by atoms with E-state index in [0.29, 0.717) is 23.9 Å². The molecule has 0 spiro atoms. The number of carboxylic acid groups (broad SMARTS) is 1. The van der Waals surface area contributed by atoms with Gasteiger partial charge >= 0.3 is 12.0 Å². The molecule has 1 rings (SSSR count). The molecule has 0 aliphatic heterocycles. The second-order valence-electron chi connectivity index (χ2n) is 3.83. The topological polar surface area (TPSA) is 78.4 Å². The van der Waals surface area contributed by atoms with Gasteiger partial charge in [0, 0.05) is 17.4 Å². The zero-order valence-electron chi connectivity index (χ0n) is 10.1. The first-order valence-corrected chi connectivity index (χ1v) is 6.50. The SMILES string of the molecule is O=C(O)CCCCNC(=O)Nc1c(F)cccc1Br. The van der Waals surface area contributed by atoms with Crippen LogP contribution in [-0.2, 0) is 4.79 Å². The van der Waals surface area contributed by atoms with Crippen LogP contribution in [0.3, 0.4) is 0 Å². The summed E-state index contributed by atoms with van der Waals surface area (Å²) < 4.78 is 13.9. The number of rotatable bonds is 6. The number of anilines is 1. The maximum atomic E-state index is 13.4. The van der Waals surface area contributed by atoms with Crippen molar-refractivity contribution in [1.29, 1.82) is 0 Å². The predicted octanol–water partition coefficient (Wildman–Crippen LogP) is 2.96. The number of amides is 2. The fourth-order valence-corrected chi connectivity index (χ4v) is 1.82. The number of urea groups is 1. The molecule has 19 heavy (non-hydrogen) atoms. The second kappa shape index (κ2) is 7.73. The summed E-state index contributed by atoms with van der Waals surface area (Å²) in [6.07, 6.45) is 1.11. The van der Waals surface area contributed by atoms with E-state index < -0.39 is 17.8 Å². The van der Waals surface area contributed by atoms with Gasteiger partial charge in [-0.2, -0.15) is 0 Å². The summed E-state index contributed by atoms with van der Waals surface area (Å²) in [6.45, 7) is 0.338. The Kier molecular flexibility index (Phi) is 6.27. The van der Waals surface area contributed by atoms with Crippen LogP contribution in [-0.4, -0.2) is 23.7 Å². The predicted molar refractivity (Wildman–Crippen MR) is 72.6 cm³/mol. The molecular weight excluding hydrogens is 319 g/mol. The minimum Gasteiger partial charge on any atom is -0.481 e. The first kappa shape index (κ1) is 15.4. The van der Waals surface area contributed by atoms with Gasteiger partial charge in [0.05, 0.1) is 5.69 Å². The third kappa shape index (κ3) is 5.69. The Balaban J connectivity index is 2.33. The van der Waals surface area contributed by atoms with Crippen LogP contribution in [0, 0.1) is 5.82 Å². The normalized spacial score (nSPS) is 10.0. The number of carboxylic acids is 1. The molecule has 0 aromatic heterocycles. The highest BCUT2D eigenvalue weighted by Gasteiger charge is 2.09. The fourth-order valence-electron chi connectivity index (χ4n) is 1.38. The van der Waals surface area contributed by atoms with Crippen LogP contribution in [0.25, 0.3) is 0 Å².